The van der Waals surface area contributed by atoms with Crippen molar-refractivity contribution in [1.29, 1.82) is 0 Å². The van der Waals surface area contributed by atoms with Gasteiger partial charge in [-0.2, -0.15) is 5.10 Å². The molecule has 0 spiro atoms. The molecule has 0 aliphatic carbocycles. The topological polar surface area (TPSA) is 89.3 Å². The van der Waals surface area contributed by atoms with E-state index < -0.39 is 0 Å². The minimum Gasteiger partial charge on any atom is -0.454 e. The monoisotopic (exact) mass is 375 g/mol. The Bertz CT molecular complexity index is 1180. The molecular formula is C20H17N5O3. The lowest BCUT2D eigenvalue weighted by molar-refractivity contribution is 0.174. The second-order valence-electron chi connectivity index (χ2n) is 7.15. The van der Waals surface area contributed by atoms with E-state index in [0.29, 0.717) is 0 Å². The summed E-state index contributed by atoms with van der Waals surface area (Å²) >= 11 is 0. The maximum absolute atomic E-state index is 5.52. The van der Waals surface area contributed by atoms with E-state index in [9.17, 15) is 0 Å². The number of rotatable bonds is 3. The molecule has 0 saturated carbocycles. The Labute approximate surface area is 160 Å². The van der Waals surface area contributed by atoms with Crippen LogP contribution in [0.5, 0.6) is 11.5 Å². The van der Waals surface area contributed by atoms with Crippen LogP contribution in [-0.2, 0) is 19.5 Å². The normalized spacial score (nSPS) is 15.9. The molecule has 0 fully saturated rings. The van der Waals surface area contributed by atoms with E-state index in [4.69, 9.17) is 14.1 Å². The number of H-pyrrole nitrogens is 1. The van der Waals surface area contributed by atoms with Crippen LogP contribution >= 0.6 is 0 Å². The summed E-state index contributed by atoms with van der Waals surface area (Å²) in [4.78, 5) is 2.42. The molecule has 0 unspecified atom stereocenters. The second-order valence-corrected chi connectivity index (χ2v) is 7.15. The standard InChI is InChI=1S/C20H17N5O3/c1-3-16-17(24-28-23-16)7-12(1)9-25-6-5-15-14(10-25)20(22-21-15)13-2-4-18-19(8-13)27-11-26-18/h1-4,7-8H,5-6,9-11H2,(H,21,22). The summed E-state index contributed by atoms with van der Waals surface area (Å²) in [6.45, 7) is 2.93. The molecule has 2 aromatic carbocycles. The van der Waals surface area contributed by atoms with E-state index in [0.717, 1.165) is 59.8 Å². The molecule has 0 atom stereocenters. The van der Waals surface area contributed by atoms with Gasteiger partial charge < -0.3 is 9.47 Å². The zero-order valence-electron chi connectivity index (χ0n) is 15.0. The fraction of sp³-hybridized carbons (Fsp3) is 0.250. The predicted molar refractivity (Wildman–Crippen MR) is 99.8 cm³/mol. The molecule has 8 nitrogen and oxygen atoms in total. The third kappa shape index (κ3) is 2.53. The van der Waals surface area contributed by atoms with Crippen molar-refractivity contribution >= 4 is 11.0 Å². The summed E-state index contributed by atoms with van der Waals surface area (Å²) in [6, 6.07) is 12.1. The summed E-state index contributed by atoms with van der Waals surface area (Å²) < 4.78 is 15.7. The van der Waals surface area contributed by atoms with Crippen LogP contribution in [0.4, 0.5) is 0 Å². The number of aromatic amines is 1. The first-order valence-corrected chi connectivity index (χ1v) is 9.23. The van der Waals surface area contributed by atoms with Crippen molar-refractivity contribution < 1.29 is 14.1 Å². The van der Waals surface area contributed by atoms with Crippen molar-refractivity contribution in [2.75, 3.05) is 13.3 Å². The molecule has 6 rings (SSSR count). The average Bonchev–Trinajstić information content (AvgIpc) is 3.45. The van der Waals surface area contributed by atoms with Crippen LogP contribution in [0.2, 0.25) is 0 Å². The Morgan fingerprint density at radius 3 is 2.93 bits per heavy atom. The molecule has 28 heavy (non-hydrogen) atoms. The zero-order valence-corrected chi connectivity index (χ0v) is 15.0. The summed E-state index contributed by atoms with van der Waals surface area (Å²) in [5, 5.41) is 15.6. The van der Waals surface area contributed by atoms with E-state index in [1.54, 1.807) is 0 Å². The average molecular weight is 375 g/mol. The van der Waals surface area contributed by atoms with E-state index in [2.05, 4.69) is 31.5 Å². The van der Waals surface area contributed by atoms with Crippen LogP contribution in [-0.4, -0.2) is 38.7 Å². The number of fused-ring (bicyclic) bond motifs is 3. The van der Waals surface area contributed by atoms with Gasteiger partial charge in [-0.1, -0.05) is 6.07 Å². The lowest BCUT2D eigenvalue weighted by Crippen LogP contribution is -2.30. The summed E-state index contributed by atoms with van der Waals surface area (Å²) in [7, 11) is 0. The highest BCUT2D eigenvalue weighted by Gasteiger charge is 2.24. The fourth-order valence-corrected chi connectivity index (χ4v) is 3.95. The SMILES string of the molecule is c1cc2nonc2cc1CN1CCc2[nH]nc(-c3ccc4c(c3)OCO4)c2C1. The van der Waals surface area contributed by atoms with E-state index in [-0.39, 0.29) is 6.79 Å². The number of aromatic nitrogens is 4. The third-order valence-corrected chi connectivity index (χ3v) is 5.38. The molecule has 140 valence electrons. The molecule has 2 aliphatic heterocycles. The minimum absolute atomic E-state index is 0.274. The van der Waals surface area contributed by atoms with Gasteiger partial charge in [0.05, 0.1) is 5.69 Å². The van der Waals surface area contributed by atoms with Crippen LogP contribution in [0.1, 0.15) is 16.8 Å². The Balaban J connectivity index is 1.28. The summed E-state index contributed by atoms with van der Waals surface area (Å²) in [5.74, 6) is 1.56. The van der Waals surface area contributed by atoms with E-state index in [1.165, 1.54) is 16.8 Å². The van der Waals surface area contributed by atoms with Gasteiger partial charge in [0.1, 0.15) is 11.0 Å². The van der Waals surface area contributed by atoms with Crippen LogP contribution in [0.15, 0.2) is 41.0 Å². The van der Waals surface area contributed by atoms with Crippen LogP contribution in [0.3, 0.4) is 0 Å². The van der Waals surface area contributed by atoms with Gasteiger partial charge in [-0.25, -0.2) is 4.63 Å². The summed E-state index contributed by atoms with van der Waals surface area (Å²) in [5.41, 5.74) is 7.24. The molecule has 0 amide bonds. The molecule has 2 aliphatic rings. The first-order chi connectivity index (χ1) is 13.8. The first-order valence-electron chi connectivity index (χ1n) is 9.23. The molecule has 8 heteroatoms. The van der Waals surface area contributed by atoms with E-state index in [1.807, 2.05) is 30.3 Å². The number of nitrogens with zero attached hydrogens (tertiary/aromatic N) is 4. The number of hydrogen-bond donors (Lipinski definition) is 1. The van der Waals surface area contributed by atoms with Crippen LogP contribution in [0, 0.1) is 0 Å². The lowest BCUT2D eigenvalue weighted by Gasteiger charge is -2.27. The highest BCUT2D eigenvalue weighted by atomic mass is 16.7. The quantitative estimate of drug-likeness (QED) is 0.589. The van der Waals surface area contributed by atoms with E-state index >= 15 is 0 Å². The number of nitrogens with one attached hydrogen (secondary N) is 1. The van der Waals surface area contributed by atoms with Crippen LogP contribution in [0.25, 0.3) is 22.3 Å². The number of benzene rings is 2. The van der Waals surface area contributed by atoms with Gasteiger partial charge in [-0.3, -0.25) is 10.00 Å². The second kappa shape index (κ2) is 6.07. The van der Waals surface area contributed by atoms with Gasteiger partial charge >= 0.3 is 0 Å². The molecule has 4 heterocycles. The van der Waals surface area contributed by atoms with Gasteiger partial charge in [0.2, 0.25) is 6.79 Å². The lowest BCUT2D eigenvalue weighted by atomic mass is 10.00. The number of ether oxygens (including phenoxy) is 2. The smallest absolute Gasteiger partial charge is 0.231 e. The zero-order chi connectivity index (χ0) is 18.5. The van der Waals surface area contributed by atoms with Gasteiger partial charge in [0.15, 0.2) is 11.5 Å². The fourth-order valence-electron chi connectivity index (χ4n) is 3.95. The minimum atomic E-state index is 0.274. The highest BCUT2D eigenvalue weighted by Crippen LogP contribution is 2.37. The number of hydrogen-bond acceptors (Lipinski definition) is 7. The van der Waals surface area contributed by atoms with Gasteiger partial charge in [0.25, 0.3) is 0 Å². The Kier molecular flexibility index (Phi) is 3.39. The van der Waals surface area contributed by atoms with Gasteiger partial charge in [0, 0.05) is 42.9 Å². The molecular weight excluding hydrogens is 358 g/mol. The maximum Gasteiger partial charge on any atom is 0.231 e. The molecule has 0 bridgehead atoms. The Hall–Kier alpha value is -3.39. The van der Waals surface area contributed by atoms with Crippen molar-refractivity contribution in [3.63, 3.8) is 0 Å². The molecule has 2 aromatic heterocycles. The third-order valence-electron chi connectivity index (χ3n) is 5.38. The van der Waals surface area contributed by atoms with Crippen molar-refractivity contribution in [3.05, 3.63) is 53.2 Å². The van der Waals surface area contributed by atoms with Crippen molar-refractivity contribution in [1.82, 2.24) is 25.4 Å². The maximum atomic E-state index is 5.52. The van der Waals surface area contributed by atoms with Crippen molar-refractivity contribution in [2.45, 2.75) is 19.5 Å². The van der Waals surface area contributed by atoms with Crippen LogP contribution < -0.4 is 9.47 Å². The molecule has 0 radical (unpaired) electrons. The van der Waals surface area contributed by atoms with Gasteiger partial charge in [-0.15, -0.1) is 0 Å². The molecule has 4 aromatic rings. The Morgan fingerprint density at radius 1 is 1.00 bits per heavy atom. The van der Waals surface area contributed by atoms with Gasteiger partial charge in [-0.05, 0) is 46.2 Å². The predicted octanol–water partition coefficient (Wildman–Crippen LogP) is 2.90. The largest absolute Gasteiger partial charge is 0.454 e. The summed E-state index contributed by atoms with van der Waals surface area (Å²) in [6.07, 6.45) is 0.945. The first kappa shape index (κ1) is 15.6. The van der Waals surface area contributed by atoms with Crippen molar-refractivity contribution in [3.8, 4) is 22.8 Å². The molecule has 1 N–H and O–H groups in total. The molecule has 0 saturated heterocycles. The Morgan fingerprint density at radius 2 is 1.93 bits per heavy atom. The van der Waals surface area contributed by atoms with Crippen molar-refractivity contribution in [2.24, 2.45) is 0 Å². The highest BCUT2D eigenvalue weighted by molar-refractivity contribution is 5.73.